The van der Waals surface area contributed by atoms with Gasteiger partial charge < -0.3 is 11.1 Å². The van der Waals surface area contributed by atoms with Gasteiger partial charge in [-0.1, -0.05) is 12.7 Å². The standard InChI is InChI=1S/C9H11FN2O/c1-6-8(10)5-7(11)3-2-4-9(13)12-6/h3,5H,1-2,4,11H2,(H,12,13)/b7-3+,8-5+. The van der Waals surface area contributed by atoms with Crippen molar-refractivity contribution in [3.05, 3.63) is 36.0 Å². The van der Waals surface area contributed by atoms with Gasteiger partial charge in [-0.25, -0.2) is 4.39 Å². The number of halogens is 1. The highest BCUT2D eigenvalue weighted by Gasteiger charge is 2.08. The molecule has 0 aliphatic carbocycles. The Morgan fingerprint density at radius 2 is 2.31 bits per heavy atom. The Kier molecular flexibility index (Phi) is 2.84. The largest absolute Gasteiger partial charge is 0.399 e. The molecule has 4 heteroatoms. The fourth-order valence-electron chi connectivity index (χ4n) is 0.953. The van der Waals surface area contributed by atoms with Gasteiger partial charge in [0.15, 0.2) is 0 Å². The smallest absolute Gasteiger partial charge is 0.224 e. The van der Waals surface area contributed by atoms with Crippen LogP contribution in [0.4, 0.5) is 4.39 Å². The highest BCUT2D eigenvalue weighted by Crippen LogP contribution is 2.11. The Balaban J connectivity index is 2.89. The van der Waals surface area contributed by atoms with Crippen molar-refractivity contribution in [2.75, 3.05) is 0 Å². The van der Waals surface area contributed by atoms with Gasteiger partial charge in [0, 0.05) is 12.1 Å². The zero-order valence-electron chi connectivity index (χ0n) is 7.14. The highest BCUT2D eigenvalue weighted by atomic mass is 19.1. The zero-order valence-corrected chi connectivity index (χ0v) is 7.14. The topological polar surface area (TPSA) is 55.1 Å². The molecule has 1 amide bonds. The Hall–Kier alpha value is -1.58. The minimum Gasteiger partial charge on any atom is -0.399 e. The molecular formula is C9H11FN2O. The predicted octanol–water partition coefficient (Wildman–Crippen LogP) is 1.11. The molecule has 0 aromatic rings. The third kappa shape index (κ3) is 2.74. The number of nitrogens with two attached hydrogens (primary N) is 1. The fraction of sp³-hybridized carbons (Fsp3) is 0.222. The van der Waals surface area contributed by atoms with Crippen molar-refractivity contribution in [1.29, 1.82) is 0 Å². The Morgan fingerprint density at radius 1 is 1.62 bits per heavy atom. The molecule has 13 heavy (non-hydrogen) atoms. The first-order chi connectivity index (χ1) is 6.09. The van der Waals surface area contributed by atoms with Crippen LogP contribution in [0.3, 0.4) is 0 Å². The number of carbonyl (C=O) groups is 1. The van der Waals surface area contributed by atoms with Gasteiger partial charge in [0.25, 0.3) is 0 Å². The molecule has 0 unspecified atom stereocenters. The van der Waals surface area contributed by atoms with Crippen molar-refractivity contribution < 1.29 is 9.18 Å². The van der Waals surface area contributed by atoms with E-state index in [-0.39, 0.29) is 11.6 Å². The average Bonchev–Trinajstić information content (AvgIpc) is 2.06. The Labute approximate surface area is 75.8 Å². The summed E-state index contributed by atoms with van der Waals surface area (Å²) in [5, 5.41) is 2.33. The molecule has 0 saturated carbocycles. The van der Waals surface area contributed by atoms with Crippen LogP contribution in [0.1, 0.15) is 12.8 Å². The molecule has 70 valence electrons. The monoisotopic (exact) mass is 182 g/mol. The second kappa shape index (κ2) is 3.89. The van der Waals surface area contributed by atoms with Crippen LogP contribution in [0.15, 0.2) is 36.0 Å². The first-order valence-corrected chi connectivity index (χ1v) is 3.91. The predicted molar refractivity (Wildman–Crippen MR) is 48.0 cm³/mol. The van der Waals surface area contributed by atoms with Crippen molar-refractivity contribution in [2.45, 2.75) is 12.8 Å². The molecule has 0 aromatic heterocycles. The van der Waals surface area contributed by atoms with Crippen LogP contribution in [0, 0.1) is 0 Å². The molecule has 1 aliphatic rings. The first kappa shape index (κ1) is 9.51. The van der Waals surface area contributed by atoms with Gasteiger partial charge in [-0.3, -0.25) is 4.79 Å². The number of hydrogen-bond donors (Lipinski definition) is 2. The van der Waals surface area contributed by atoms with Crippen LogP contribution in [0.25, 0.3) is 0 Å². The molecule has 0 bridgehead atoms. The molecule has 0 radical (unpaired) electrons. The van der Waals surface area contributed by atoms with Crippen LogP contribution >= 0.6 is 0 Å². The SMILES string of the molecule is C=C1NC(=O)CC/C=C(N)\C=C/1F. The lowest BCUT2D eigenvalue weighted by Crippen LogP contribution is -2.21. The summed E-state index contributed by atoms with van der Waals surface area (Å²) in [6, 6.07) is 0. The van der Waals surface area contributed by atoms with Crippen molar-refractivity contribution >= 4 is 5.91 Å². The van der Waals surface area contributed by atoms with Crippen molar-refractivity contribution in [1.82, 2.24) is 5.32 Å². The van der Waals surface area contributed by atoms with Crippen LogP contribution in [0.2, 0.25) is 0 Å². The number of rotatable bonds is 0. The van der Waals surface area contributed by atoms with E-state index in [9.17, 15) is 9.18 Å². The van der Waals surface area contributed by atoms with Crippen LogP contribution < -0.4 is 11.1 Å². The van der Waals surface area contributed by atoms with Crippen molar-refractivity contribution in [3.8, 4) is 0 Å². The average molecular weight is 182 g/mol. The van der Waals surface area contributed by atoms with Crippen LogP contribution in [-0.2, 0) is 4.79 Å². The van der Waals surface area contributed by atoms with Gasteiger partial charge >= 0.3 is 0 Å². The molecule has 3 nitrogen and oxygen atoms in total. The van der Waals surface area contributed by atoms with E-state index in [1.807, 2.05) is 0 Å². The minimum atomic E-state index is -0.607. The molecule has 1 heterocycles. The van der Waals surface area contributed by atoms with Crippen molar-refractivity contribution in [3.63, 3.8) is 0 Å². The molecule has 1 rings (SSSR count). The molecule has 0 fully saturated rings. The van der Waals surface area contributed by atoms with Gasteiger partial charge in [0.2, 0.25) is 5.91 Å². The maximum atomic E-state index is 13.0. The third-order valence-corrected chi connectivity index (χ3v) is 1.62. The molecular weight excluding hydrogens is 171 g/mol. The second-order valence-electron chi connectivity index (χ2n) is 2.76. The molecule has 0 spiro atoms. The summed E-state index contributed by atoms with van der Waals surface area (Å²) < 4.78 is 13.0. The van der Waals surface area contributed by atoms with Gasteiger partial charge in [-0.2, -0.15) is 0 Å². The number of nitrogens with one attached hydrogen (secondary N) is 1. The normalized spacial score (nSPS) is 27.2. The summed E-state index contributed by atoms with van der Waals surface area (Å²) in [7, 11) is 0. The summed E-state index contributed by atoms with van der Waals surface area (Å²) in [5.74, 6) is -0.858. The Bertz CT molecular complexity index is 305. The van der Waals surface area contributed by atoms with Crippen molar-refractivity contribution in [2.24, 2.45) is 5.73 Å². The maximum Gasteiger partial charge on any atom is 0.224 e. The number of amides is 1. The van der Waals surface area contributed by atoms with E-state index in [0.29, 0.717) is 18.5 Å². The fourth-order valence-corrected chi connectivity index (χ4v) is 0.953. The summed E-state index contributed by atoms with van der Waals surface area (Å²) in [6.07, 6.45) is 3.56. The van der Waals surface area contributed by atoms with Gasteiger partial charge in [-0.05, 0) is 12.5 Å². The van der Waals surface area contributed by atoms with E-state index in [4.69, 9.17) is 5.73 Å². The molecule has 0 atom stereocenters. The quantitative estimate of drug-likeness (QED) is 0.589. The third-order valence-electron chi connectivity index (χ3n) is 1.62. The first-order valence-electron chi connectivity index (χ1n) is 3.91. The molecule has 1 aliphatic heterocycles. The van der Waals surface area contributed by atoms with E-state index in [1.165, 1.54) is 0 Å². The lowest BCUT2D eigenvalue weighted by Gasteiger charge is -2.03. The summed E-state index contributed by atoms with van der Waals surface area (Å²) in [5.41, 5.74) is 5.71. The lowest BCUT2D eigenvalue weighted by molar-refractivity contribution is -0.120. The van der Waals surface area contributed by atoms with Gasteiger partial charge in [0.05, 0.1) is 5.70 Å². The number of hydrogen-bond acceptors (Lipinski definition) is 2. The van der Waals surface area contributed by atoms with E-state index in [0.717, 1.165) is 6.08 Å². The number of allylic oxidation sites excluding steroid dienone is 3. The lowest BCUT2D eigenvalue weighted by atomic mass is 10.2. The second-order valence-corrected chi connectivity index (χ2v) is 2.76. The highest BCUT2D eigenvalue weighted by molar-refractivity contribution is 5.78. The summed E-state index contributed by atoms with van der Waals surface area (Å²) >= 11 is 0. The molecule has 0 aromatic carbocycles. The van der Waals surface area contributed by atoms with E-state index in [2.05, 4.69) is 11.9 Å². The number of carbonyl (C=O) groups excluding carboxylic acids is 1. The summed E-state index contributed by atoms with van der Waals surface area (Å²) in [6.45, 7) is 3.37. The minimum absolute atomic E-state index is 0.0387. The molecule has 0 saturated heterocycles. The van der Waals surface area contributed by atoms with E-state index in [1.54, 1.807) is 6.08 Å². The van der Waals surface area contributed by atoms with E-state index < -0.39 is 5.83 Å². The Morgan fingerprint density at radius 3 is 3.00 bits per heavy atom. The maximum absolute atomic E-state index is 13.0. The summed E-state index contributed by atoms with van der Waals surface area (Å²) in [4.78, 5) is 11.0. The van der Waals surface area contributed by atoms with Gasteiger partial charge in [0.1, 0.15) is 5.83 Å². The van der Waals surface area contributed by atoms with Crippen LogP contribution in [0.5, 0.6) is 0 Å². The van der Waals surface area contributed by atoms with E-state index >= 15 is 0 Å². The zero-order chi connectivity index (χ0) is 9.84. The van der Waals surface area contributed by atoms with Gasteiger partial charge in [-0.15, -0.1) is 0 Å². The van der Waals surface area contributed by atoms with Crippen LogP contribution in [-0.4, -0.2) is 5.91 Å². The molecule has 3 N–H and O–H groups in total.